The van der Waals surface area contributed by atoms with Gasteiger partial charge in [-0.15, -0.1) is 0 Å². The third-order valence-electron chi connectivity index (χ3n) is 3.24. The van der Waals surface area contributed by atoms with E-state index in [1.165, 1.54) is 18.2 Å². The monoisotopic (exact) mass is 266 g/mol. The van der Waals surface area contributed by atoms with Gasteiger partial charge in [0.1, 0.15) is 11.5 Å². The van der Waals surface area contributed by atoms with Crippen LogP contribution in [-0.2, 0) is 0 Å². The summed E-state index contributed by atoms with van der Waals surface area (Å²) in [5, 5.41) is 19.5. The van der Waals surface area contributed by atoms with Gasteiger partial charge in [0.2, 0.25) is 0 Å². The average molecular weight is 266 g/mol. The molecule has 2 aromatic rings. The van der Waals surface area contributed by atoms with Crippen molar-refractivity contribution in [3.63, 3.8) is 0 Å². The van der Waals surface area contributed by atoms with Crippen molar-refractivity contribution in [3.8, 4) is 11.5 Å². The van der Waals surface area contributed by atoms with Crippen LogP contribution in [0.3, 0.4) is 0 Å². The molecular formula is C16H10O4. The minimum absolute atomic E-state index is 0.142. The Bertz CT molecular complexity index is 758. The lowest BCUT2D eigenvalue weighted by Crippen LogP contribution is -2.16. The number of phenolic OH excluding ortho intramolecular Hbond substituents is 2. The number of hydrogen-bond donors (Lipinski definition) is 2. The van der Waals surface area contributed by atoms with Crippen LogP contribution in [-0.4, -0.2) is 21.8 Å². The summed E-state index contributed by atoms with van der Waals surface area (Å²) in [6.45, 7) is 0. The van der Waals surface area contributed by atoms with Crippen molar-refractivity contribution in [2.45, 2.75) is 0 Å². The van der Waals surface area contributed by atoms with Crippen LogP contribution < -0.4 is 0 Å². The quantitative estimate of drug-likeness (QED) is 0.778. The molecule has 0 amide bonds. The molecule has 0 fully saturated rings. The van der Waals surface area contributed by atoms with Crippen LogP contribution in [0.25, 0.3) is 5.57 Å². The molecule has 3 rings (SSSR count). The first kappa shape index (κ1) is 12.2. The van der Waals surface area contributed by atoms with Gasteiger partial charge >= 0.3 is 0 Å². The number of aromatic hydroxyl groups is 2. The van der Waals surface area contributed by atoms with Crippen molar-refractivity contribution >= 4 is 17.1 Å². The number of allylic oxidation sites excluding steroid dienone is 2. The zero-order valence-electron chi connectivity index (χ0n) is 10.3. The zero-order chi connectivity index (χ0) is 14.3. The number of phenols is 2. The van der Waals surface area contributed by atoms with Gasteiger partial charge in [-0.2, -0.15) is 0 Å². The fraction of sp³-hybridized carbons (Fsp3) is 0. The molecule has 1 aliphatic carbocycles. The maximum absolute atomic E-state index is 12.4. The third-order valence-corrected chi connectivity index (χ3v) is 3.24. The first-order valence-corrected chi connectivity index (χ1v) is 6.00. The van der Waals surface area contributed by atoms with E-state index in [1.54, 1.807) is 30.3 Å². The van der Waals surface area contributed by atoms with E-state index in [-0.39, 0.29) is 28.2 Å². The van der Waals surface area contributed by atoms with Crippen molar-refractivity contribution in [3.05, 3.63) is 65.2 Å². The highest BCUT2D eigenvalue weighted by molar-refractivity contribution is 6.39. The van der Waals surface area contributed by atoms with Crippen molar-refractivity contribution in [1.29, 1.82) is 0 Å². The molecule has 0 saturated carbocycles. The molecule has 0 atom stereocenters. The molecule has 0 heterocycles. The van der Waals surface area contributed by atoms with Crippen LogP contribution in [0.1, 0.15) is 26.3 Å². The number of hydrogen-bond acceptors (Lipinski definition) is 4. The Morgan fingerprint density at radius 3 is 2.00 bits per heavy atom. The lowest BCUT2D eigenvalue weighted by atomic mass is 9.85. The third kappa shape index (κ3) is 1.70. The SMILES string of the molecule is O=C1C=C(c2ccccc2)C(=O)c2c(O)ccc(O)c21. The molecule has 20 heavy (non-hydrogen) atoms. The Hall–Kier alpha value is -2.88. The number of carbonyl (C=O) groups excluding carboxylic acids is 2. The fourth-order valence-electron chi connectivity index (χ4n) is 2.30. The maximum Gasteiger partial charge on any atom is 0.198 e. The number of rotatable bonds is 1. The van der Waals surface area contributed by atoms with Gasteiger partial charge < -0.3 is 10.2 Å². The van der Waals surface area contributed by atoms with Gasteiger partial charge in [0.15, 0.2) is 11.6 Å². The Morgan fingerprint density at radius 2 is 1.35 bits per heavy atom. The molecule has 2 aromatic carbocycles. The van der Waals surface area contributed by atoms with Crippen LogP contribution in [0, 0.1) is 0 Å². The lowest BCUT2D eigenvalue weighted by Gasteiger charge is -2.17. The largest absolute Gasteiger partial charge is 0.507 e. The van der Waals surface area contributed by atoms with Crippen molar-refractivity contribution in [2.24, 2.45) is 0 Å². The molecule has 4 nitrogen and oxygen atoms in total. The van der Waals surface area contributed by atoms with Crippen molar-refractivity contribution in [2.75, 3.05) is 0 Å². The highest BCUT2D eigenvalue weighted by Crippen LogP contribution is 2.37. The number of benzene rings is 2. The summed E-state index contributed by atoms with van der Waals surface area (Å²) in [5.41, 5.74) is 0.522. The summed E-state index contributed by atoms with van der Waals surface area (Å²) in [4.78, 5) is 24.5. The summed E-state index contributed by atoms with van der Waals surface area (Å²) < 4.78 is 0. The highest BCUT2D eigenvalue weighted by Gasteiger charge is 2.31. The van der Waals surface area contributed by atoms with Crippen molar-refractivity contribution in [1.82, 2.24) is 0 Å². The molecule has 0 saturated heterocycles. The molecule has 0 aromatic heterocycles. The molecule has 2 N–H and O–H groups in total. The van der Waals surface area contributed by atoms with Gasteiger partial charge in [-0.1, -0.05) is 30.3 Å². The Morgan fingerprint density at radius 1 is 0.750 bits per heavy atom. The zero-order valence-corrected chi connectivity index (χ0v) is 10.3. The van der Waals surface area contributed by atoms with Crippen LogP contribution in [0.2, 0.25) is 0 Å². The molecule has 0 radical (unpaired) electrons. The van der Waals surface area contributed by atoms with E-state index in [9.17, 15) is 19.8 Å². The molecular weight excluding hydrogens is 256 g/mol. The van der Waals surface area contributed by atoms with Gasteiger partial charge in [-0.25, -0.2) is 0 Å². The minimum Gasteiger partial charge on any atom is -0.507 e. The normalized spacial score (nSPS) is 13.9. The summed E-state index contributed by atoms with van der Waals surface area (Å²) in [7, 11) is 0. The minimum atomic E-state index is -0.494. The smallest absolute Gasteiger partial charge is 0.198 e. The van der Waals surface area contributed by atoms with Gasteiger partial charge in [0.05, 0.1) is 11.1 Å². The highest BCUT2D eigenvalue weighted by atomic mass is 16.3. The second-order valence-electron chi connectivity index (χ2n) is 4.47. The van der Waals surface area contributed by atoms with E-state index in [4.69, 9.17) is 0 Å². The van der Waals surface area contributed by atoms with Gasteiger partial charge in [-0.3, -0.25) is 9.59 Å². The lowest BCUT2D eigenvalue weighted by molar-refractivity contribution is 0.0996. The molecule has 0 unspecified atom stereocenters. The molecule has 98 valence electrons. The summed E-state index contributed by atoms with van der Waals surface area (Å²) in [6, 6.07) is 11.1. The summed E-state index contributed by atoms with van der Waals surface area (Å²) in [5.74, 6) is -1.58. The Labute approximate surface area is 114 Å². The van der Waals surface area contributed by atoms with Crippen molar-refractivity contribution < 1.29 is 19.8 Å². The van der Waals surface area contributed by atoms with E-state index in [1.807, 2.05) is 0 Å². The fourth-order valence-corrected chi connectivity index (χ4v) is 2.30. The predicted molar refractivity (Wildman–Crippen MR) is 72.9 cm³/mol. The molecule has 1 aliphatic rings. The van der Waals surface area contributed by atoms with Gasteiger partial charge in [0, 0.05) is 5.57 Å². The van der Waals surface area contributed by atoms with Gasteiger partial charge in [0.25, 0.3) is 0 Å². The number of ketones is 2. The maximum atomic E-state index is 12.4. The first-order chi connectivity index (χ1) is 9.59. The van der Waals surface area contributed by atoms with Crippen LogP contribution >= 0.6 is 0 Å². The first-order valence-electron chi connectivity index (χ1n) is 6.00. The molecule has 0 bridgehead atoms. The predicted octanol–water partition coefficient (Wildman–Crippen LogP) is 2.56. The van der Waals surface area contributed by atoms with Crippen LogP contribution in [0.4, 0.5) is 0 Å². The Kier molecular flexibility index (Phi) is 2.64. The van der Waals surface area contributed by atoms with E-state index in [2.05, 4.69) is 0 Å². The van der Waals surface area contributed by atoms with Crippen LogP contribution in [0.15, 0.2) is 48.5 Å². The van der Waals surface area contributed by atoms with E-state index in [0.29, 0.717) is 5.56 Å². The topological polar surface area (TPSA) is 74.6 Å². The number of fused-ring (bicyclic) bond motifs is 1. The van der Waals surface area contributed by atoms with Gasteiger partial charge in [-0.05, 0) is 23.8 Å². The van der Waals surface area contributed by atoms with E-state index < -0.39 is 11.6 Å². The van der Waals surface area contributed by atoms with E-state index >= 15 is 0 Å². The summed E-state index contributed by atoms with van der Waals surface area (Å²) in [6.07, 6.45) is 1.19. The summed E-state index contributed by atoms with van der Waals surface area (Å²) >= 11 is 0. The Balaban J connectivity index is 2.24. The second kappa shape index (κ2) is 4.35. The second-order valence-corrected chi connectivity index (χ2v) is 4.47. The van der Waals surface area contributed by atoms with Crippen LogP contribution in [0.5, 0.6) is 11.5 Å². The van der Waals surface area contributed by atoms with E-state index in [0.717, 1.165) is 0 Å². The number of carbonyl (C=O) groups is 2. The average Bonchev–Trinajstić information content (AvgIpc) is 2.46. The standard InChI is InChI=1S/C16H10O4/c17-11-6-7-12(18)15-14(11)13(19)8-10(16(15)20)9-4-2-1-3-5-9/h1-8,17-18H. The molecule has 0 aliphatic heterocycles. The molecule has 0 spiro atoms. The number of Topliss-reactive ketones (excluding diaryl/α,β-unsaturated/α-hetero) is 1. The molecule has 4 heteroatoms.